The van der Waals surface area contributed by atoms with E-state index in [9.17, 15) is 22.8 Å². The van der Waals surface area contributed by atoms with Gasteiger partial charge in [0.2, 0.25) is 5.56 Å². The third-order valence-electron chi connectivity index (χ3n) is 5.94. The molecular formula is C20H24F3N5O2. The lowest BCUT2D eigenvalue weighted by Crippen LogP contribution is -2.40. The van der Waals surface area contributed by atoms with E-state index in [4.69, 9.17) is 0 Å². The Hall–Kier alpha value is -2.78. The molecule has 1 fully saturated rings. The highest BCUT2D eigenvalue weighted by Crippen LogP contribution is 2.41. The predicted molar refractivity (Wildman–Crippen MR) is 105 cm³/mol. The Labute approximate surface area is 171 Å². The lowest BCUT2D eigenvalue weighted by atomic mass is 9.94. The Balaban J connectivity index is 1.56. The van der Waals surface area contributed by atoms with Crippen LogP contribution in [0, 0.1) is 0 Å². The van der Waals surface area contributed by atoms with Crippen molar-refractivity contribution in [3.05, 3.63) is 46.0 Å². The summed E-state index contributed by atoms with van der Waals surface area (Å²) in [6, 6.07) is 2.57. The van der Waals surface area contributed by atoms with Gasteiger partial charge in [-0.05, 0) is 31.7 Å². The van der Waals surface area contributed by atoms with Gasteiger partial charge in [0.25, 0.3) is 5.91 Å². The van der Waals surface area contributed by atoms with E-state index in [1.165, 1.54) is 18.3 Å². The maximum atomic E-state index is 13.6. The number of hydrogen-bond donors (Lipinski definition) is 2. The first kappa shape index (κ1) is 20.5. The zero-order valence-corrected chi connectivity index (χ0v) is 16.6. The summed E-state index contributed by atoms with van der Waals surface area (Å²) in [7, 11) is 0. The second-order valence-corrected chi connectivity index (χ2v) is 7.97. The minimum Gasteiger partial charge on any atom is -0.367 e. The van der Waals surface area contributed by atoms with Gasteiger partial charge in [0.1, 0.15) is 5.82 Å². The van der Waals surface area contributed by atoms with Gasteiger partial charge < -0.3 is 15.2 Å². The zero-order chi connectivity index (χ0) is 21.5. The van der Waals surface area contributed by atoms with Gasteiger partial charge in [0.05, 0.1) is 11.3 Å². The van der Waals surface area contributed by atoms with Crippen molar-refractivity contribution in [1.82, 2.24) is 19.7 Å². The van der Waals surface area contributed by atoms with Gasteiger partial charge in [0, 0.05) is 43.4 Å². The van der Waals surface area contributed by atoms with Gasteiger partial charge in [-0.25, -0.2) is 4.68 Å². The molecule has 1 saturated heterocycles. The number of hydrogen-bond acceptors (Lipinski definition) is 4. The summed E-state index contributed by atoms with van der Waals surface area (Å²) in [6.07, 6.45) is -0.957. The smallest absolute Gasteiger partial charge is 0.367 e. The molecule has 2 aliphatic rings. The number of carbonyl (C=O) groups excluding carboxylic acids is 1. The number of anilines is 1. The van der Waals surface area contributed by atoms with Crippen molar-refractivity contribution in [2.75, 3.05) is 18.4 Å². The van der Waals surface area contributed by atoms with Gasteiger partial charge in [-0.3, -0.25) is 9.59 Å². The second kappa shape index (κ2) is 7.81. The van der Waals surface area contributed by atoms with Crippen LogP contribution in [0.3, 0.4) is 0 Å². The Morgan fingerprint density at radius 2 is 2.13 bits per heavy atom. The Bertz CT molecular complexity index is 963. The molecule has 2 aromatic rings. The molecule has 2 N–H and O–H groups in total. The number of amides is 1. The van der Waals surface area contributed by atoms with Crippen LogP contribution in [0.2, 0.25) is 0 Å². The van der Waals surface area contributed by atoms with E-state index in [-0.39, 0.29) is 29.8 Å². The van der Waals surface area contributed by atoms with Gasteiger partial charge in [-0.1, -0.05) is 6.92 Å². The molecule has 4 heterocycles. The lowest BCUT2D eigenvalue weighted by Gasteiger charge is -2.33. The number of pyridine rings is 1. The summed E-state index contributed by atoms with van der Waals surface area (Å²) in [5.41, 5.74) is 0.662. The minimum atomic E-state index is -4.37. The molecule has 2 aromatic heterocycles. The fourth-order valence-electron chi connectivity index (χ4n) is 4.27. The Morgan fingerprint density at radius 1 is 1.33 bits per heavy atom. The number of piperidine rings is 1. The summed E-state index contributed by atoms with van der Waals surface area (Å²) in [4.78, 5) is 28.1. The molecule has 162 valence electrons. The number of carbonyl (C=O) groups is 1. The molecule has 1 amide bonds. The first-order valence-electron chi connectivity index (χ1n) is 10.2. The molecule has 0 spiro atoms. The van der Waals surface area contributed by atoms with Crippen LogP contribution in [-0.4, -0.2) is 50.9 Å². The highest BCUT2D eigenvalue weighted by atomic mass is 19.4. The van der Waals surface area contributed by atoms with Crippen molar-refractivity contribution in [3.63, 3.8) is 0 Å². The first-order chi connectivity index (χ1) is 14.3. The number of fused-ring (bicyclic) bond motifs is 1. The molecule has 0 aliphatic carbocycles. The van der Waals surface area contributed by atoms with Gasteiger partial charge in [-0.2, -0.15) is 18.3 Å². The summed E-state index contributed by atoms with van der Waals surface area (Å²) < 4.78 is 41.9. The summed E-state index contributed by atoms with van der Waals surface area (Å²) in [5, 5.41) is 7.48. The monoisotopic (exact) mass is 423 g/mol. The number of H-pyrrole nitrogens is 1. The quantitative estimate of drug-likeness (QED) is 0.794. The number of aromatic nitrogens is 3. The number of likely N-dealkylation sites (tertiary alicyclic amines) is 1. The summed E-state index contributed by atoms with van der Waals surface area (Å²) >= 11 is 0. The topological polar surface area (TPSA) is 83.0 Å². The molecule has 30 heavy (non-hydrogen) atoms. The van der Waals surface area contributed by atoms with Crippen LogP contribution >= 0.6 is 0 Å². The van der Waals surface area contributed by atoms with Crippen LogP contribution in [0.15, 0.2) is 29.2 Å². The average molecular weight is 423 g/mol. The number of nitrogens with one attached hydrogen (secondary N) is 2. The highest BCUT2D eigenvalue weighted by Gasteiger charge is 2.46. The molecule has 1 unspecified atom stereocenters. The van der Waals surface area contributed by atoms with E-state index in [0.29, 0.717) is 36.6 Å². The van der Waals surface area contributed by atoms with E-state index in [1.54, 1.807) is 11.0 Å². The lowest BCUT2D eigenvalue weighted by molar-refractivity contribution is -0.173. The van der Waals surface area contributed by atoms with Gasteiger partial charge >= 0.3 is 6.18 Å². The molecular weight excluding hydrogens is 399 g/mol. The van der Waals surface area contributed by atoms with Crippen LogP contribution in [0.1, 0.15) is 60.6 Å². The molecule has 3 atom stereocenters. The number of alkyl halides is 3. The molecule has 7 nitrogen and oxygen atoms in total. The van der Waals surface area contributed by atoms with Crippen LogP contribution in [-0.2, 0) is 0 Å². The predicted octanol–water partition coefficient (Wildman–Crippen LogP) is 3.29. The third-order valence-corrected chi connectivity index (χ3v) is 5.94. The molecule has 10 heteroatoms. The second-order valence-electron chi connectivity index (χ2n) is 7.97. The number of halogens is 3. The molecule has 4 rings (SSSR count). The van der Waals surface area contributed by atoms with Crippen molar-refractivity contribution in [1.29, 1.82) is 0 Å². The van der Waals surface area contributed by atoms with Gasteiger partial charge in [0.15, 0.2) is 6.04 Å². The molecule has 0 saturated carbocycles. The SMILES string of the molecule is CC[C@@H]1C[C@H](C(F)(F)F)n2nc(C3CCCN(C(=O)c4ccc(=O)[nH]c4)C3)cc2N1. The zero-order valence-electron chi connectivity index (χ0n) is 16.6. The van der Waals surface area contributed by atoms with Crippen molar-refractivity contribution in [2.45, 2.75) is 56.8 Å². The normalized spacial score (nSPS) is 24.3. The van der Waals surface area contributed by atoms with Crippen molar-refractivity contribution >= 4 is 11.7 Å². The van der Waals surface area contributed by atoms with E-state index in [0.717, 1.165) is 17.5 Å². The third kappa shape index (κ3) is 3.95. The van der Waals surface area contributed by atoms with Crippen molar-refractivity contribution in [3.8, 4) is 0 Å². The number of rotatable bonds is 3. The van der Waals surface area contributed by atoms with E-state index in [1.807, 2.05) is 6.92 Å². The fraction of sp³-hybridized carbons (Fsp3) is 0.550. The van der Waals surface area contributed by atoms with E-state index < -0.39 is 12.2 Å². The molecule has 0 bridgehead atoms. The maximum absolute atomic E-state index is 13.6. The van der Waals surface area contributed by atoms with E-state index >= 15 is 0 Å². The first-order valence-corrected chi connectivity index (χ1v) is 10.2. The largest absolute Gasteiger partial charge is 0.410 e. The number of aromatic amines is 1. The summed E-state index contributed by atoms with van der Waals surface area (Å²) in [5.74, 6) is 0.0334. The van der Waals surface area contributed by atoms with Crippen molar-refractivity contribution < 1.29 is 18.0 Å². The fourth-order valence-corrected chi connectivity index (χ4v) is 4.27. The van der Waals surface area contributed by atoms with Gasteiger partial charge in [-0.15, -0.1) is 0 Å². The average Bonchev–Trinajstić information content (AvgIpc) is 3.16. The van der Waals surface area contributed by atoms with E-state index in [2.05, 4.69) is 15.4 Å². The number of nitrogens with zero attached hydrogens (tertiary/aromatic N) is 3. The molecule has 0 aromatic carbocycles. The molecule has 2 aliphatic heterocycles. The molecule has 0 radical (unpaired) electrons. The highest BCUT2D eigenvalue weighted by molar-refractivity contribution is 5.94. The van der Waals surface area contributed by atoms with Crippen LogP contribution < -0.4 is 10.9 Å². The standard InChI is InChI=1S/C20H24F3N5O2/c1-2-14-8-16(20(21,22)23)28-17(25-14)9-15(26-28)13-4-3-7-27(11-13)19(30)12-5-6-18(29)24-10-12/h5-6,9-10,13-14,16,25H,2-4,7-8,11H2,1H3,(H,24,29)/t13?,14-,16-/m1/s1. The Kier molecular flexibility index (Phi) is 5.33. The maximum Gasteiger partial charge on any atom is 0.410 e. The van der Waals surface area contributed by atoms with Crippen molar-refractivity contribution in [2.24, 2.45) is 0 Å². The van der Waals surface area contributed by atoms with Crippen LogP contribution in [0.5, 0.6) is 0 Å². The minimum absolute atomic E-state index is 0.0460. The Morgan fingerprint density at radius 3 is 2.80 bits per heavy atom. The van der Waals surface area contributed by atoms with Crippen LogP contribution in [0.4, 0.5) is 19.0 Å². The summed E-state index contributed by atoms with van der Waals surface area (Å²) in [6.45, 7) is 2.80. The van der Waals surface area contributed by atoms with Crippen LogP contribution in [0.25, 0.3) is 0 Å².